The number of aryl methyl sites for hydroxylation is 1. The lowest BCUT2D eigenvalue weighted by Crippen LogP contribution is -2.49. The number of carbonyl (C=O) groups is 1. The molecule has 0 unspecified atom stereocenters. The molecule has 1 saturated carbocycles. The Morgan fingerprint density at radius 1 is 1.12 bits per heavy atom. The SMILES string of the molecule is CCC/C=C/[C@H](O)[C@@H]1CC[C@H]1CN1C[C@@]2(CCCc3cc(Cl)ccc32)COc2ccc(C(=O)NS(=O)(=O)[C@@H](C)[C@H](CCC)CCCC)cc21. The molecule has 2 aromatic rings. The van der Waals surface area contributed by atoms with Crippen LogP contribution in [0.15, 0.2) is 48.6 Å². The van der Waals surface area contributed by atoms with Crippen molar-refractivity contribution in [2.45, 2.75) is 122 Å². The molecule has 5 rings (SSSR count). The quantitative estimate of drug-likeness (QED) is 0.180. The van der Waals surface area contributed by atoms with Crippen molar-refractivity contribution in [3.63, 3.8) is 0 Å². The normalized spacial score (nSPS) is 23.9. The van der Waals surface area contributed by atoms with Gasteiger partial charge in [0.15, 0.2) is 0 Å². The first-order valence-electron chi connectivity index (χ1n) is 18.7. The summed E-state index contributed by atoms with van der Waals surface area (Å²) in [7, 11) is -3.89. The van der Waals surface area contributed by atoms with E-state index in [9.17, 15) is 18.3 Å². The van der Waals surface area contributed by atoms with E-state index < -0.39 is 27.3 Å². The molecule has 2 aromatic carbocycles. The van der Waals surface area contributed by atoms with Crippen LogP contribution < -0.4 is 14.4 Å². The Balaban J connectivity index is 1.45. The topological polar surface area (TPSA) is 95.9 Å². The summed E-state index contributed by atoms with van der Waals surface area (Å²) in [6, 6.07) is 11.5. The molecule has 3 aliphatic rings. The van der Waals surface area contributed by atoms with Crippen LogP contribution in [0.5, 0.6) is 5.75 Å². The van der Waals surface area contributed by atoms with Gasteiger partial charge in [0.1, 0.15) is 5.75 Å². The number of ether oxygens (including phenoxy) is 1. The zero-order valence-electron chi connectivity index (χ0n) is 29.9. The summed E-state index contributed by atoms with van der Waals surface area (Å²) >= 11 is 6.44. The van der Waals surface area contributed by atoms with Crippen molar-refractivity contribution in [2.24, 2.45) is 17.8 Å². The summed E-state index contributed by atoms with van der Waals surface area (Å²) in [5.74, 6) is 0.506. The van der Waals surface area contributed by atoms with Crippen LogP contribution in [0, 0.1) is 17.8 Å². The molecule has 0 radical (unpaired) electrons. The van der Waals surface area contributed by atoms with Crippen LogP contribution in [-0.4, -0.2) is 50.5 Å². The molecule has 0 aromatic heterocycles. The lowest BCUT2D eigenvalue weighted by atomic mass is 9.68. The Morgan fingerprint density at radius 3 is 2.65 bits per heavy atom. The Labute approximate surface area is 299 Å². The molecule has 7 nitrogen and oxygen atoms in total. The molecular weight excluding hydrogens is 656 g/mol. The Kier molecular flexibility index (Phi) is 12.8. The van der Waals surface area contributed by atoms with Crippen LogP contribution in [0.1, 0.15) is 120 Å². The molecule has 0 saturated heterocycles. The highest BCUT2D eigenvalue weighted by atomic mass is 35.5. The van der Waals surface area contributed by atoms with Gasteiger partial charge in [0.2, 0.25) is 10.0 Å². The van der Waals surface area contributed by atoms with Crippen molar-refractivity contribution in [3.8, 4) is 5.75 Å². The van der Waals surface area contributed by atoms with Crippen LogP contribution in [0.25, 0.3) is 0 Å². The lowest BCUT2D eigenvalue weighted by Gasteiger charge is -2.45. The number of anilines is 1. The van der Waals surface area contributed by atoms with E-state index >= 15 is 0 Å². The summed E-state index contributed by atoms with van der Waals surface area (Å²) in [6.45, 7) is 9.94. The summed E-state index contributed by atoms with van der Waals surface area (Å²) in [5, 5.41) is 11.1. The summed E-state index contributed by atoms with van der Waals surface area (Å²) in [4.78, 5) is 16.0. The number of allylic oxidation sites excluding steroid dienone is 1. The van der Waals surface area contributed by atoms with Gasteiger partial charge in [-0.1, -0.05) is 76.3 Å². The molecule has 1 aliphatic heterocycles. The van der Waals surface area contributed by atoms with Crippen LogP contribution in [0.3, 0.4) is 0 Å². The van der Waals surface area contributed by atoms with Crippen LogP contribution in [0.4, 0.5) is 5.69 Å². The average molecular weight is 713 g/mol. The number of sulfonamides is 1. The van der Waals surface area contributed by atoms with Gasteiger partial charge in [-0.3, -0.25) is 4.79 Å². The van der Waals surface area contributed by atoms with E-state index in [1.807, 2.05) is 18.2 Å². The van der Waals surface area contributed by atoms with Gasteiger partial charge < -0.3 is 14.7 Å². The molecule has 1 amide bonds. The van der Waals surface area contributed by atoms with Gasteiger partial charge in [-0.15, -0.1) is 0 Å². The van der Waals surface area contributed by atoms with Crippen LogP contribution in [-0.2, 0) is 21.9 Å². The second-order valence-electron chi connectivity index (χ2n) is 14.9. The molecule has 9 heteroatoms. The first kappa shape index (κ1) is 37.7. The smallest absolute Gasteiger partial charge is 0.264 e. The van der Waals surface area contributed by atoms with Crippen LogP contribution in [0.2, 0.25) is 5.02 Å². The number of hydrogen-bond acceptors (Lipinski definition) is 6. The Hall–Kier alpha value is -2.55. The zero-order valence-corrected chi connectivity index (χ0v) is 31.5. The molecule has 0 bridgehead atoms. The van der Waals surface area contributed by atoms with Gasteiger partial charge in [-0.05, 0) is 118 Å². The lowest BCUT2D eigenvalue weighted by molar-refractivity contribution is 0.0456. The maximum absolute atomic E-state index is 13.7. The molecule has 270 valence electrons. The van der Waals surface area contributed by atoms with E-state index in [2.05, 4.69) is 48.6 Å². The second kappa shape index (κ2) is 16.6. The number of aliphatic hydroxyl groups excluding tert-OH is 1. The predicted molar refractivity (Wildman–Crippen MR) is 200 cm³/mol. The first-order valence-corrected chi connectivity index (χ1v) is 20.7. The maximum Gasteiger partial charge on any atom is 0.264 e. The third kappa shape index (κ3) is 8.68. The van der Waals surface area contributed by atoms with Crippen molar-refractivity contribution >= 4 is 33.2 Å². The first-order chi connectivity index (χ1) is 23.5. The van der Waals surface area contributed by atoms with E-state index in [-0.39, 0.29) is 23.2 Å². The number of aliphatic hydroxyl groups is 1. The summed E-state index contributed by atoms with van der Waals surface area (Å²) in [6.07, 6.45) is 15.0. The van der Waals surface area contributed by atoms with Gasteiger partial charge in [-0.25, -0.2) is 13.1 Å². The minimum absolute atomic E-state index is 0.00165. The van der Waals surface area contributed by atoms with Crippen LogP contribution >= 0.6 is 11.6 Å². The third-order valence-corrected chi connectivity index (χ3v) is 13.5. The number of fused-ring (bicyclic) bond motifs is 3. The van der Waals surface area contributed by atoms with E-state index in [1.54, 1.807) is 19.1 Å². The average Bonchev–Trinajstić information content (AvgIpc) is 3.21. The molecule has 2 N–H and O–H groups in total. The van der Waals surface area contributed by atoms with Gasteiger partial charge in [0, 0.05) is 29.1 Å². The molecule has 1 heterocycles. The van der Waals surface area contributed by atoms with Gasteiger partial charge in [0.25, 0.3) is 5.91 Å². The fourth-order valence-electron chi connectivity index (χ4n) is 8.34. The highest BCUT2D eigenvalue weighted by molar-refractivity contribution is 7.90. The van der Waals surface area contributed by atoms with Crippen molar-refractivity contribution in [1.82, 2.24) is 4.72 Å². The standard InChI is InChI=1S/C40H57ClN2O5S/c1-5-8-10-15-37(44)34-19-16-32(34)25-43-26-40(22-11-14-30-23-33(41)18-20-35(30)40)27-48-38-21-17-31(24-36(38)43)39(45)42-49(46,47)28(4)29(12-7-3)13-9-6-2/h10,15,17-18,20-21,23-24,28-29,32,34,37,44H,5-9,11-14,16,19,22,25-27H2,1-4H3,(H,42,45)/b15-10+/t28-,29+,32-,34+,37-,40-/m0/s1. The van der Waals surface area contributed by atoms with Gasteiger partial charge in [-0.2, -0.15) is 0 Å². The van der Waals surface area contributed by atoms with Gasteiger partial charge >= 0.3 is 0 Å². The third-order valence-electron chi connectivity index (χ3n) is 11.4. The van der Waals surface area contributed by atoms with E-state index in [4.69, 9.17) is 16.3 Å². The fourth-order valence-corrected chi connectivity index (χ4v) is 9.88. The van der Waals surface area contributed by atoms with E-state index in [1.165, 1.54) is 11.1 Å². The summed E-state index contributed by atoms with van der Waals surface area (Å²) < 4.78 is 36.1. The molecule has 2 aliphatic carbocycles. The number of nitrogens with zero attached hydrogens (tertiary/aromatic N) is 1. The largest absolute Gasteiger partial charge is 0.490 e. The van der Waals surface area contributed by atoms with E-state index in [0.717, 1.165) is 87.8 Å². The van der Waals surface area contributed by atoms with Crippen molar-refractivity contribution < 1.29 is 23.1 Å². The fraction of sp³-hybridized carbons (Fsp3) is 0.625. The second-order valence-corrected chi connectivity index (χ2v) is 17.3. The zero-order chi connectivity index (χ0) is 35.2. The Bertz CT molecular complexity index is 1580. The minimum Gasteiger partial charge on any atom is -0.490 e. The minimum atomic E-state index is -3.89. The van der Waals surface area contributed by atoms with Crippen molar-refractivity contribution in [1.29, 1.82) is 0 Å². The number of amides is 1. The molecule has 6 atom stereocenters. The maximum atomic E-state index is 13.7. The molecule has 1 spiro atoms. The monoisotopic (exact) mass is 712 g/mol. The Morgan fingerprint density at radius 2 is 1.94 bits per heavy atom. The van der Waals surface area contributed by atoms with Gasteiger partial charge in [0.05, 0.1) is 23.6 Å². The highest BCUT2D eigenvalue weighted by Crippen LogP contribution is 2.46. The van der Waals surface area contributed by atoms with E-state index in [0.29, 0.717) is 31.0 Å². The number of hydrogen-bond donors (Lipinski definition) is 2. The summed E-state index contributed by atoms with van der Waals surface area (Å²) in [5.41, 5.74) is 3.33. The number of unbranched alkanes of at least 4 members (excludes halogenated alkanes) is 2. The molecule has 49 heavy (non-hydrogen) atoms. The number of rotatable bonds is 15. The van der Waals surface area contributed by atoms with Crippen molar-refractivity contribution in [3.05, 3.63) is 70.3 Å². The number of halogens is 1. The number of carbonyl (C=O) groups excluding carboxylic acids is 1. The number of benzene rings is 2. The molecule has 1 fully saturated rings. The molecular formula is C40H57ClN2O5S. The van der Waals surface area contributed by atoms with Crippen molar-refractivity contribution in [2.75, 3.05) is 24.6 Å². The highest BCUT2D eigenvalue weighted by Gasteiger charge is 2.44. The predicted octanol–water partition coefficient (Wildman–Crippen LogP) is 8.61. The number of nitrogens with one attached hydrogen (secondary N) is 1.